The number of hydrogen-bond acceptors (Lipinski definition) is 5. The molecule has 0 aliphatic carbocycles. The molecule has 2 amide bonds. The van der Waals surface area contributed by atoms with Crippen LogP contribution in [0, 0.1) is 5.92 Å². The van der Waals surface area contributed by atoms with Crippen LogP contribution in [-0.2, 0) is 9.59 Å². The average Bonchev–Trinajstić information content (AvgIpc) is 2.62. The second kappa shape index (κ2) is 7.24. The zero-order chi connectivity index (χ0) is 18.7. The molecule has 1 aliphatic rings. The largest absolute Gasteiger partial charge is 0.478 e. The number of aromatic carboxylic acids is 1. The van der Waals surface area contributed by atoms with Gasteiger partial charge in [-0.05, 0) is 42.5 Å². The first-order valence-corrected chi connectivity index (χ1v) is 7.99. The maximum Gasteiger partial charge on any atom is 0.335 e. The van der Waals surface area contributed by atoms with Crippen molar-refractivity contribution < 1.29 is 19.5 Å². The fourth-order valence-corrected chi connectivity index (χ4v) is 2.72. The maximum atomic E-state index is 12.7. The van der Waals surface area contributed by atoms with Crippen molar-refractivity contribution in [2.75, 3.05) is 4.90 Å². The van der Waals surface area contributed by atoms with E-state index in [4.69, 9.17) is 17.3 Å². The van der Waals surface area contributed by atoms with E-state index >= 15 is 0 Å². The van der Waals surface area contributed by atoms with Crippen molar-refractivity contribution in [1.82, 2.24) is 5.32 Å². The second-order valence-electron chi connectivity index (χ2n) is 5.41. The van der Waals surface area contributed by atoms with Crippen LogP contribution in [0.5, 0.6) is 0 Å². The Kier molecular flexibility index (Phi) is 4.85. The number of carbonyl (C=O) groups excluding carboxylic acids is 2. The molecule has 2 aromatic carbocycles. The van der Waals surface area contributed by atoms with Gasteiger partial charge in [0.1, 0.15) is 0 Å². The third-order valence-corrected chi connectivity index (χ3v) is 3.97. The molecule has 0 saturated carbocycles. The van der Waals surface area contributed by atoms with Gasteiger partial charge in [0.25, 0.3) is 5.91 Å². The minimum Gasteiger partial charge on any atom is -0.478 e. The van der Waals surface area contributed by atoms with Crippen LogP contribution < -0.4 is 10.2 Å². The molecular formula is C18H13N3O4S. The molecule has 1 atom stereocenters. The van der Waals surface area contributed by atoms with Gasteiger partial charge >= 0.3 is 5.97 Å². The Morgan fingerprint density at radius 2 is 1.88 bits per heavy atom. The predicted octanol–water partition coefficient (Wildman–Crippen LogP) is 2.15. The highest BCUT2D eigenvalue weighted by Crippen LogP contribution is 2.21. The zero-order valence-electron chi connectivity index (χ0n) is 13.3. The summed E-state index contributed by atoms with van der Waals surface area (Å²) in [6, 6.07) is 14.6. The van der Waals surface area contributed by atoms with Gasteiger partial charge in [-0.15, -0.1) is 0 Å². The lowest BCUT2D eigenvalue weighted by atomic mass is 10.1. The topological polar surface area (TPSA) is 99.1 Å². The first-order valence-electron chi connectivity index (χ1n) is 7.59. The predicted molar refractivity (Wildman–Crippen MR) is 99.7 cm³/mol. The molecule has 1 saturated heterocycles. The summed E-state index contributed by atoms with van der Waals surface area (Å²) in [6.07, 6.45) is 1.19. The first-order chi connectivity index (χ1) is 12.5. The summed E-state index contributed by atoms with van der Waals surface area (Å²) in [6.45, 7) is 0. The van der Waals surface area contributed by atoms with Crippen molar-refractivity contribution in [3.05, 3.63) is 60.2 Å². The number of aliphatic imine (C=N–C) groups is 1. The summed E-state index contributed by atoms with van der Waals surface area (Å²) in [4.78, 5) is 41.2. The number of nitrogens with zero attached hydrogens (tertiary/aromatic N) is 2. The smallest absolute Gasteiger partial charge is 0.335 e. The highest BCUT2D eigenvalue weighted by molar-refractivity contribution is 7.80. The van der Waals surface area contributed by atoms with Crippen LogP contribution in [0.1, 0.15) is 10.4 Å². The van der Waals surface area contributed by atoms with Crippen LogP contribution in [-0.4, -0.2) is 34.2 Å². The number of nitrogens with one attached hydrogen (secondary N) is 1. The Bertz CT molecular complexity index is 927. The van der Waals surface area contributed by atoms with Crippen molar-refractivity contribution in [3.63, 3.8) is 0 Å². The van der Waals surface area contributed by atoms with Crippen molar-refractivity contribution in [2.45, 2.75) is 0 Å². The molecule has 26 heavy (non-hydrogen) atoms. The molecule has 130 valence electrons. The van der Waals surface area contributed by atoms with Crippen molar-refractivity contribution >= 4 is 52.7 Å². The SMILES string of the molecule is O=C(O)c1cccc(N=C[C@@H]2C(=O)NC(=S)N(c3ccccc3)C2=O)c1. The molecule has 0 bridgehead atoms. The van der Waals surface area contributed by atoms with Crippen molar-refractivity contribution in [3.8, 4) is 0 Å². The lowest BCUT2D eigenvalue weighted by Gasteiger charge is -2.30. The van der Waals surface area contributed by atoms with Crippen LogP contribution in [0.4, 0.5) is 11.4 Å². The Labute approximate surface area is 154 Å². The van der Waals surface area contributed by atoms with E-state index in [1.165, 1.54) is 29.3 Å². The molecule has 2 aromatic rings. The van der Waals surface area contributed by atoms with Crippen molar-refractivity contribution in [1.29, 1.82) is 0 Å². The second-order valence-corrected chi connectivity index (χ2v) is 5.80. The van der Waals surface area contributed by atoms with Gasteiger partial charge in [-0.1, -0.05) is 24.3 Å². The average molecular weight is 367 g/mol. The van der Waals surface area contributed by atoms with E-state index in [0.717, 1.165) is 0 Å². The number of carbonyl (C=O) groups is 3. The molecule has 0 aromatic heterocycles. The molecule has 7 nitrogen and oxygen atoms in total. The van der Waals surface area contributed by atoms with E-state index in [1.54, 1.807) is 36.4 Å². The summed E-state index contributed by atoms with van der Waals surface area (Å²) < 4.78 is 0. The molecule has 0 unspecified atom stereocenters. The molecule has 3 rings (SSSR count). The number of thiocarbonyl (C=S) groups is 1. The number of benzene rings is 2. The molecule has 2 N–H and O–H groups in total. The van der Waals surface area contributed by atoms with Crippen LogP contribution in [0.15, 0.2) is 59.6 Å². The Morgan fingerprint density at radius 3 is 2.58 bits per heavy atom. The normalized spacial score (nSPS) is 17.5. The summed E-state index contributed by atoms with van der Waals surface area (Å²) in [5.41, 5.74) is 0.921. The molecule has 1 heterocycles. The summed E-state index contributed by atoms with van der Waals surface area (Å²) >= 11 is 5.10. The number of carboxylic acids is 1. The lowest BCUT2D eigenvalue weighted by molar-refractivity contribution is -0.130. The van der Waals surface area contributed by atoms with Gasteiger partial charge in [-0.3, -0.25) is 19.5 Å². The zero-order valence-corrected chi connectivity index (χ0v) is 14.1. The molecule has 0 spiro atoms. The molecular weight excluding hydrogens is 354 g/mol. The van der Waals surface area contributed by atoms with Gasteiger partial charge in [0.15, 0.2) is 11.0 Å². The third kappa shape index (κ3) is 3.50. The third-order valence-electron chi connectivity index (χ3n) is 3.68. The molecule has 8 heteroatoms. The Hall–Kier alpha value is -3.39. The molecule has 1 fully saturated rings. The van der Waals surface area contributed by atoms with E-state index in [0.29, 0.717) is 11.4 Å². The lowest BCUT2D eigenvalue weighted by Crippen LogP contribution is -2.58. The quantitative estimate of drug-likeness (QED) is 0.490. The highest BCUT2D eigenvalue weighted by atomic mass is 32.1. The number of hydrogen-bond donors (Lipinski definition) is 2. The number of rotatable bonds is 4. The summed E-state index contributed by atoms with van der Waals surface area (Å²) in [5.74, 6) is -3.36. The number of carboxylic acid groups (broad SMARTS) is 1. The van der Waals surface area contributed by atoms with E-state index in [9.17, 15) is 14.4 Å². The Balaban J connectivity index is 1.88. The van der Waals surface area contributed by atoms with Gasteiger partial charge in [0.05, 0.1) is 16.9 Å². The Morgan fingerprint density at radius 1 is 1.15 bits per heavy atom. The number of anilines is 1. The molecule has 1 aliphatic heterocycles. The van der Waals surface area contributed by atoms with Gasteiger partial charge in [0.2, 0.25) is 5.91 Å². The first kappa shape index (κ1) is 17.4. The molecule has 0 radical (unpaired) electrons. The standard InChI is InChI=1S/C18H13N3O4S/c22-15-14(10-19-12-6-4-5-11(9-12)17(24)25)16(23)21(18(26)20-15)13-7-2-1-3-8-13/h1-10,14H,(H,24,25)(H,20,22,26)/t14-/m1/s1. The number of para-hydroxylation sites is 1. The minimum absolute atomic E-state index is 0.00345. The van der Waals surface area contributed by atoms with E-state index in [1.807, 2.05) is 0 Å². The number of amides is 2. The van der Waals surface area contributed by atoms with Gasteiger partial charge < -0.3 is 10.4 Å². The van der Waals surface area contributed by atoms with Crippen LogP contribution in [0.3, 0.4) is 0 Å². The van der Waals surface area contributed by atoms with Gasteiger partial charge in [-0.2, -0.15) is 0 Å². The summed E-state index contributed by atoms with van der Waals surface area (Å²) in [7, 11) is 0. The fourth-order valence-electron chi connectivity index (χ4n) is 2.42. The maximum absolute atomic E-state index is 12.7. The van der Waals surface area contributed by atoms with E-state index < -0.39 is 23.7 Å². The van der Waals surface area contributed by atoms with Gasteiger partial charge in [0, 0.05) is 6.21 Å². The van der Waals surface area contributed by atoms with Crippen LogP contribution >= 0.6 is 12.2 Å². The minimum atomic E-state index is -1.17. The van der Waals surface area contributed by atoms with Crippen LogP contribution in [0.25, 0.3) is 0 Å². The monoisotopic (exact) mass is 367 g/mol. The van der Waals surface area contributed by atoms with Crippen LogP contribution in [0.2, 0.25) is 0 Å². The van der Waals surface area contributed by atoms with Crippen molar-refractivity contribution in [2.24, 2.45) is 10.9 Å². The summed E-state index contributed by atoms with van der Waals surface area (Å²) in [5, 5.41) is 11.5. The highest BCUT2D eigenvalue weighted by Gasteiger charge is 2.38. The van der Waals surface area contributed by atoms with E-state index in [-0.39, 0.29) is 10.7 Å². The van der Waals surface area contributed by atoms with Gasteiger partial charge in [-0.25, -0.2) is 4.79 Å². The van der Waals surface area contributed by atoms with E-state index in [2.05, 4.69) is 10.3 Å². The fraction of sp³-hybridized carbons (Fsp3) is 0.0556.